The van der Waals surface area contributed by atoms with Crippen LogP contribution in [0.25, 0.3) is 0 Å². The van der Waals surface area contributed by atoms with Gasteiger partial charge in [0.1, 0.15) is 0 Å². The van der Waals surface area contributed by atoms with Crippen LogP contribution in [-0.2, 0) is 4.79 Å². The van der Waals surface area contributed by atoms with Gasteiger partial charge in [-0.15, -0.1) is 12.4 Å². The van der Waals surface area contributed by atoms with Crippen LogP contribution in [0.1, 0.15) is 24.0 Å². The number of nitrogens with one attached hydrogen (secondary N) is 1. The summed E-state index contributed by atoms with van der Waals surface area (Å²) in [5, 5.41) is 3.04. The van der Waals surface area contributed by atoms with Crippen molar-refractivity contribution in [3.8, 4) is 0 Å². The van der Waals surface area contributed by atoms with Crippen molar-refractivity contribution in [1.29, 1.82) is 0 Å². The highest BCUT2D eigenvalue weighted by Gasteiger charge is 2.34. The molecule has 0 radical (unpaired) electrons. The third-order valence-electron chi connectivity index (χ3n) is 4.24. The van der Waals surface area contributed by atoms with Crippen molar-refractivity contribution in [3.05, 3.63) is 65.7 Å². The maximum atomic E-state index is 12.6. The fourth-order valence-electron chi connectivity index (χ4n) is 2.94. The van der Waals surface area contributed by atoms with Crippen molar-refractivity contribution in [2.24, 2.45) is 0 Å². The number of rotatable bonds is 3. The zero-order chi connectivity index (χ0) is 14.8. The second kappa shape index (κ2) is 6.95. The van der Waals surface area contributed by atoms with Crippen LogP contribution in [0.15, 0.2) is 54.6 Å². The molecule has 2 unspecified atom stereocenters. The van der Waals surface area contributed by atoms with Crippen LogP contribution in [0, 0.1) is 0 Å². The predicted octanol–water partition coefficient (Wildman–Crippen LogP) is 3.19. The molecule has 1 heterocycles. The summed E-state index contributed by atoms with van der Waals surface area (Å²) in [6, 6.07) is 18.4. The molecule has 2 atom stereocenters. The number of carbonyl (C=O) groups excluding carboxylic acids is 1. The molecule has 22 heavy (non-hydrogen) atoms. The fourth-order valence-corrected chi connectivity index (χ4v) is 2.94. The van der Waals surface area contributed by atoms with Gasteiger partial charge < -0.3 is 10.2 Å². The highest BCUT2D eigenvalue weighted by atomic mass is 35.5. The molecule has 116 valence electrons. The molecule has 0 saturated carbocycles. The summed E-state index contributed by atoms with van der Waals surface area (Å²) >= 11 is 0. The summed E-state index contributed by atoms with van der Waals surface area (Å²) in [5.74, 6) is 0.388. The lowest BCUT2D eigenvalue weighted by molar-refractivity contribution is -0.120. The molecule has 1 N–H and O–H groups in total. The molecule has 1 aliphatic heterocycles. The maximum absolute atomic E-state index is 12.6. The Bertz CT molecular complexity index is 645. The Morgan fingerprint density at radius 3 is 2.45 bits per heavy atom. The van der Waals surface area contributed by atoms with Gasteiger partial charge in [-0.05, 0) is 31.2 Å². The first-order valence-electron chi connectivity index (χ1n) is 7.35. The monoisotopic (exact) mass is 316 g/mol. The van der Waals surface area contributed by atoms with E-state index < -0.39 is 0 Å². The van der Waals surface area contributed by atoms with Crippen LogP contribution < -0.4 is 10.2 Å². The third-order valence-corrected chi connectivity index (χ3v) is 4.24. The van der Waals surface area contributed by atoms with E-state index in [-0.39, 0.29) is 30.3 Å². The lowest BCUT2D eigenvalue weighted by Crippen LogP contribution is -2.43. The van der Waals surface area contributed by atoms with E-state index in [1.807, 2.05) is 43.1 Å². The first kappa shape index (κ1) is 16.5. The average molecular weight is 317 g/mol. The number of fused-ring (bicyclic) bond motifs is 1. The first-order chi connectivity index (χ1) is 10.2. The molecule has 0 spiro atoms. The van der Waals surface area contributed by atoms with Gasteiger partial charge in [0, 0.05) is 18.2 Å². The van der Waals surface area contributed by atoms with Gasteiger partial charge in [0.05, 0.1) is 6.04 Å². The van der Waals surface area contributed by atoms with Crippen LogP contribution in [-0.4, -0.2) is 25.5 Å². The minimum Gasteiger partial charge on any atom is -0.310 e. The van der Waals surface area contributed by atoms with Crippen molar-refractivity contribution < 1.29 is 4.79 Å². The lowest BCUT2D eigenvalue weighted by Gasteiger charge is -2.21. The Kier molecular flexibility index (Phi) is 5.22. The molecule has 0 aromatic heterocycles. The van der Waals surface area contributed by atoms with E-state index in [0.29, 0.717) is 6.54 Å². The number of anilines is 1. The van der Waals surface area contributed by atoms with Gasteiger partial charge in [0.25, 0.3) is 0 Å². The number of para-hydroxylation sites is 1. The molecule has 1 amide bonds. The second-order valence-electron chi connectivity index (χ2n) is 5.48. The third kappa shape index (κ3) is 2.87. The van der Waals surface area contributed by atoms with E-state index >= 15 is 0 Å². The summed E-state index contributed by atoms with van der Waals surface area (Å²) < 4.78 is 0. The first-order valence-corrected chi connectivity index (χ1v) is 7.35. The Morgan fingerprint density at radius 2 is 1.77 bits per heavy atom. The molecule has 0 bridgehead atoms. The topological polar surface area (TPSA) is 32.3 Å². The summed E-state index contributed by atoms with van der Waals surface area (Å²) in [6.07, 6.45) is 0. The van der Waals surface area contributed by atoms with Crippen LogP contribution in [0.4, 0.5) is 5.69 Å². The van der Waals surface area contributed by atoms with E-state index in [1.165, 1.54) is 11.1 Å². The number of carbonyl (C=O) groups is 1. The summed E-state index contributed by atoms with van der Waals surface area (Å²) in [7, 11) is 1.82. The summed E-state index contributed by atoms with van der Waals surface area (Å²) in [5.41, 5.74) is 3.54. The number of likely N-dealkylation sites (N-methyl/N-ethyl adjacent to an activating group) is 1. The van der Waals surface area contributed by atoms with E-state index in [1.54, 1.807) is 0 Å². The van der Waals surface area contributed by atoms with Crippen LogP contribution in [0.2, 0.25) is 0 Å². The Balaban J connectivity index is 0.00000176. The van der Waals surface area contributed by atoms with E-state index in [2.05, 4.69) is 35.6 Å². The lowest BCUT2D eigenvalue weighted by atomic mass is 9.93. The SMILES string of the molecule is CNC(C)C(=O)N1CC(c2ccccc2)c2ccccc21.Cl. The number of hydrogen-bond acceptors (Lipinski definition) is 2. The quantitative estimate of drug-likeness (QED) is 0.943. The van der Waals surface area contributed by atoms with E-state index in [0.717, 1.165) is 5.69 Å². The Labute approximate surface area is 137 Å². The molecule has 0 fully saturated rings. The molecular formula is C18H21ClN2O. The van der Waals surface area contributed by atoms with Crippen LogP contribution >= 0.6 is 12.4 Å². The van der Waals surface area contributed by atoms with Gasteiger partial charge in [-0.3, -0.25) is 4.79 Å². The molecule has 2 aromatic rings. The normalized spacial score (nSPS) is 17.5. The molecule has 0 saturated heterocycles. The van der Waals surface area contributed by atoms with Crippen molar-refractivity contribution in [2.75, 3.05) is 18.5 Å². The van der Waals surface area contributed by atoms with E-state index in [9.17, 15) is 4.79 Å². The van der Waals surface area contributed by atoms with Gasteiger partial charge in [-0.2, -0.15) is 0 Å². The van der Waals surface area contributed by atoms with Crippen LogP contribution in [0.3, 0.4) is 0 Å². The van der Waals surface area contributed by atoms with Gasteiger partial charge >= 0.3 is 0 Å². The Morgan fingerprint density at radius 1 is 1.14 bits per heavy atom. The zero-order valence-corrected chi connectivity index (χ0v) is 13.6. The number of nitrogens with zero attached hydrogens (tertiary/aromatic N) is 1. The van der Waals surface area contributed by atoms with Gasteiger partial charge in [0.2, 0.25) is 5.91 Å². The number of hydrogen-bond donors (Lipinski definition) is 1. The maximum Gasteiger partial charge on any atom is 0.243 e. The van der Waals surface area contributed by atoms with Crippen LogP contribution in [0.5, 0.6) is 0 Å². The largest absolute Gasteiger partial charge is 0.310 e. The minimum atomic E-state index is -0.174. The van der Waals surface area contributed by atoms with E-state index in [4.69, 9.17) is 0 Å². The minimum absolute atomic E-state index is 0. The van der Waals surface area contributed by atoms with Crippen molar-refractivity contribution in [3.63, 3.8) is 0 Å². The van der Waals surface area contributed by atoms with Gasteiger partial charge in [-0.25, -0.2) is 0 Å². The fraction of sp³-hybridized carbons (Fsp3) is 0.278. The highest BCUT2D eigenvalue weighted by molar-refractivity contribution is 5.99. The molecular weight excluding hydrogens is 296 g/mol. The van der Waals surface area contributed by atoms with Crippen molar-refractivity contribution in [1.82, 2.24) is 5.32 Å². The second-order valence-corrected chi connectivity index (χ2v) is 5.48. The standard InChI is InChI=1S/C18H20N2O.ClH/c1-13(19-2)18(21)20-12-16(14-8-4-3-5-9-14)15-10-6-7-11-17(15)20;/h3-11,13,16,19H,12H2,1-2H3;1H. The zero-order valence-electron chi connectivity index (χ0n) is 12.8. The molecule has 2 aromatic carbocycles. The number of benzene rings is 2. The smallest absolute Gasteiger partial charge is 0.243 e. The summed E-state index contributed by atoms with van der Waals surface area (Å²) in [4.78, 5) is 14.5. The van der Waals surface area contributed by atoms with Crippen molar-refractivity contribution in [2.45, 2.75) is 18.9 Å². The number of amides is 1. The Hall–Kier alpha value is -1.84. The average Bonchev–Trinajstić information content (AvgIpc) is 2.94. The molecule has 4 heteroatoms. The molecule has 0 aliphatic carbocycles. The number of halogens is 1. The van der Waals surface area contributed by atoms with Gasteiger partial charge in [-0.1, -0.05) is 48.5 Å². The van der Waals surface area contributed by atoms with Crippen molar-refractivity contribution >= 4 is 24.0 Å². The molecule has 3 nitrogen and oxygen atoms in total. The predicted molar refractivity (Wildman–Crippen MR) is 92.8 cm³/mol. The highest BCUT2D eigenvalue weighted by Crippen LogP contribution is 2.40. The molecule has 1 aliphatic rings. The molecule has 3 rings (SSSR count). The summed E-state index contributed by atoms with van der Waals surface area (Å²) in [6.45, 7) is 2.62. The van der Waals surface area contributed by atoms with Gasteiger partial charge in [0.15, 0.2) is 0 Å².